The lowest BCUT2D eigenvalue weighted by Gasteiger charge is -2.31. The first-order chi connectivity index (χ1) is 9.46. The summed E-state index contributed by atoms with van der Waals surface area (Å²) in [5.41, 5.74) is 4.72. The first-order valence-corrected chi connectivity index (χ1v) is 7.79. The third-order valence-electron chi connectivity index (χ3n) is 4.86. The molecule has 1 amide bonds. The van der Waals surface area contributed by atoms with Crippen LogP contribution >= 0.6 is 0 Å². The average molecular weight is 282 g/mol. The minimum Gasteiger partial charge on any atom is -0.480 e. The molecule has 114 valence electrons. The second kappa shape index (κ2) is 6.12. The minimum atomic E-state index is -1.07. The molecule has 4 N–H and O–H groups in total. The number of rotatable bonds is 4. The fourth-order valence-corrected chi connectivity index (χ4v) is 3.61. The molecule has 5 nitrogen and oxygen atoms in total. The Morgan fingerprint density at radius 2 is 1.45 bits per heavy atom. The first-order valence-electron chi connectivity index (χ1n) is 7.79. The van der Waals surface area contributed by atoms with Crippen LogP contribution in [0.4, 0.5) is 0 Å². The van der Waals surface area contributed by atoms with E-state index in [-0.39, 0.29) is 12.3 Å². The number of carboxylic acids is 1. The number of carbonyl (C=O) groups is 2. The Labute approximate surface area is 120 Å². The molecule has 0 heterocycles. The summed E-state index contributed by atoms with van der Waals surface area (Å²) in [5, 5.41) is 12.3. The predicted molar refractivity (Wildman–Crippen MR) is 76.2 cm³/mol. The van der Waals surface area contributed by atoms with Crippen LogP contribution in [0.25, 0.3) is 0 Å². The van der Waals surface area contributed by atoms with Gasteiger partial charge in [0.2, 0.25) is 5.91 Å². The molecule has 2 aliphatic rings. The highest BCUT2D eigenvalue weighted by atomic mass is 16.4. The Morgan fingerprint density at radius 1 is 0.950 bits per heavy atom. The van der Waals surface area contributed by atoms with Crippen LogP contribution in [0.1, 0.15) is 70.6 Å². The largest absolute Gasteiger partial charge is 0.480 e. The molecule has 0 spiro atoms. The Bertz CT molecular complexity index is 367. The summed E-state index contributed by atoms with van der Waals surface area (Å²) in [5.74, 6) is -1.09. The molecule has 0 aromatic carbocycles. The fourth-order valence-electron chi connectivity index (χ4n) is 3.61. The van der Waals surface area contributed by atoms with Gasteiger partial charge in [-0.25, -0.2) is 4.79 Å². The molecule has 2 aliphatic carbocycles. The molecule has 0 aromatic heterocycles. The Morgan fingerprint density at radius 3 is 1.95 bits per heavy atom. The monoisotopic (exact) mass is 282 g/mol. The van der Waals surface area contributed by atoms with E-state index in [2.05, 4.69) is 5.32 Å². The van der Waals surface area contributed by atoms with E-state index in [1.807, 2.05) is 0 Å². The molecule has 0 atom stereocenters. The van der Waals surface area contributed by atoms with Gasteiger partial charge in [-0.05, 0) is 25.7 Å². The number of nitrogens with two attached hydrogens (primary N) is 1. The Balaban J connectivity index is 2.00. The van der Waals surface area contributed by atoms with E-state index < -0.39 is 17.0 Å². The second-order valence-electron chi connectivity index (χ2n) is 6.60. The molecular formula is C15H26N2O3. The maximum absolute atomic E-state index is 12.2. The van der Waals surface area contributed by atoms with Crippen LogP contribution in [0.5, 0.6) is 0 Å². The van der Waals surface area contributed by atoms with Crippen molar-refractivity contribution in [3.8, 4) is 0 Å². The van der Waals surface area contributed by atoms with Crippen molar-refractivity contribution in [2.24, 2.45) is 5.73 Å². The average Bonchev–Trinajstić information content (AvgIpc) is 2.64. The van der Waals surface area contributed by atoms with Crippen molar-refractivity contribution in [3.05, 3.63) is 0 Å². The molecule has 20 heavy (non-hydrogen) atoms. The molecular weight excluding hydrogens is 256 g/mol. The lowest BCUT2D eigenvalue weighted by molar-refractivity contribution is -0.148. The van der Waals surface area contributed by atoms with Gasteiger partial charge in [0, 0.05) is 12.0 Å². The summed E-state index contributed by atoms with van der Waals surface area (Å²) in [6.07, 6.45) is 8.99. The number of carbonyl (C=O) groups excluding carboxylic acids is 1. The number of amides is 1. The quantitative estimate of drug-likeness (QED) is 0.687. The molecule has 0 aliphatic heterocycles. The first kappa shape index (κ1) is 15.3. The molecule has 5 heteroatoms. The Hall–Kier alpha value is -1.10. The molecule has 0 bridgehead atoms. The maximum Gasteiger partial charge on any atom is 0.329 e. The normalized spacial score (nSPS) is 24.9. The minimum absolute atomic E-state index is 0.196. The van der Waals surface area contributed by atoms with Crippen molar-refractivity contribution in [2.45, 2.75) is 81.7 Å². The molecule has 0 saturated heterocycles. The van der Waals surface area contributed by atoms with Crippen LogP contribution in [-0.4, -0.2) is 28.1 Å². The van der Waals surface area contributed by atoms with Crippen molar-refractivity contribution in [1.29, 1.82) is 0 Å². The zero-order chi connectivity index (χ0) is 14.6. The van der Waals surface area contributed by atoms with E-state index in [4.69, 9.17) is 5.73 Å². The summed E-state index contributed by atoms with van der Waals surface area (Å²) in [6.45, 7) is 0. The highest BCUT2D eigenvalue weighted by Crippen LogP contribution is 2.31. The molecule has 0 unspecified atom stereocenters. The van der Waals surface area contributed by atoms with Crippen LogP contribution in [0.15, 0.2) is 0 Å². The van der Waals surface area contributed by atoms with Gasteiger partial charge in [-0.2, -0.15) is 0 Å². The smallest absolute Gasteiger partial charge is 0.329 e. The fraction of sp³-hybridized carbons (Fsp3) is 0.867. The van der Waals surface area contributed by atoms with Gasteiger partial charge in [0.15, 0.2) is 0 Å². The van der Waals surface area contributed by atoms with E-state index in [0.717, 1.165) is 51.4 Å². The lowest BCUT2D eigenvalue weighted by atomic mass is 9.88. The predicted octanol–water partition coefficient (Wildman–Crippen LogP) is 1.94. The summed E-state index contributed by atoms with van der Waals surface area (Å²) in [7, 11) is 0. The van der Waals surface area contributed by atoms with E-state index >= 15 is 0 Å². The van der Waals surface area contributed by atoms with Crippen LogP contribution in [0.3, 0.4) is 0 Å². The van der Waals surface area contributed by atoms with Gasteiger partial charge in [-0.15, -0.1) is 0 Å². The summed E-state index contributed by atoms with van der Waals surface area (Å²) in [4.78, 5) is 23.9. The molecule has 2 fully saturated rings. The van der Waals surface area contributed by atoms with Gasteiger partial charge in [0.05, 0.1) is 0 Å². The SMILES string of the molecule is NC1(CC(=O)NC2(C(=O)O)CCCCCC2)CCCC1. The number of aliphatic carboxylic acids is 1. The van der Waals surface area contributed by atoms with Gasteiger partial charge in [-0.1, -0.05) is 38.5 Å². The summed E-state index contributed by atoms with van der Waals surface area (Å²) in [6, 6.07) is 0. The summed E-state index contributed by atoms with van der Waals surface area (Å²) < 4.78 is 0. The van der Waals surface area contributed by atoms with E-state index in [0.29, 0.717) is 12.8 Å². The second-order valence-corrected chi connectivity index (χ2v) is 6.60. The number of nitrogens with one attached hydrogen (secondary N) is 1. The van der Waals surface area contributed by atoms with E-state index in [1.54, 1.807) is 0 Å². The van der Waals surface area contributed by atoms with Crippen molar-refractivity contribution in [3.63, 3.8) is 0 Å². The van der Waals surface area contributed by atoms with Gasteiger partial charge in [0.1, 0.15) is 5.54 Å². The Kier molecular flexibility index (Phi) is 4.68. The zero-order valence-electron chi connectivity index (χ0n) is 12.1. The van der Waals surface area contributed by atoms with Gasteiger partial charge in [-0.3, -0.25) is 4.79 Å². The van der Waals surface area contributed by atoms with Crippen molar-refractivity contribution in [1.82, 2.24) is 5.32 Å². The van der Waals surface area contributed by atoms with Crippen LogP contribution in [0.2, 0.25) is 0 Å². The number of hydrogen-bond donors (Lipinski definition) is 3. The van der Waals surface area contributed by atoms with Crippen molar-refractivity contribution >= 4 is 11.9 Å². The zero-order valence-corrected chi connectivity index (χ0v) is 12.1. The third-order valence-corrected chi connectivity index (χ3v) is 4.86. The number of carboxylic acid groups (broad SMARTS) is 1. The van der Waals surface area contributed by atoms with Crippen molar-refractivity contribution < 1.29 is 14.7 Å². The van der Waals surface area contributed by atoms with Gasteiger partial charge >= 0.3 is 5.97 Å². The van der Waals surface area contributed by atoms with Crippen LogP contribution < -0.4 is 11.1 Å². The van der Waals surface area contributed by atoms with Gasteiger partial charge < -0.3 is 16.2 Å². The van der Waals surface area contributed by atoms with Crippen LogP contribution in [0, 0.1) is 0 Å². The third kappa shape index (κ3) is 3.51. The topological polar surface area (TPSA) is 92.4 Å². The molecule has 2 rings (SSSR count). The van der Waals surface area contributed by atoms with Gasteiger partial charge in [0.25, 0.3) is 0 Å². The number of hydrogen-bond acceptors (Lipinski definition) is 3. The maximum atomic E-state index is 12.2. The molecule has 0 radical (unpaired) electrons. The van der Waals surface area contributed by atoms with Crippen molar-refractivity contribution in [2.75, 3.05) is 0 Å². The standard InChI is InChI=1S/C15H26N2O3/c16-14(7-5-6-8-14)11-12(18)17-15(13(19)20)9-3-1-2-4-10-15/h1-11,16H2,(H,17,18)(H,19,20). The highest BCUT2D eigenvalue weighted by molar-refractivity contribution is 5.87. The van der Waals surface area contributed by atoms with E-state index in [9.17, 15) is 14.7 Å². The molecule has 2 saturated carbocycles. The highest BCUT2D eigenvalue weighted by Gasteiger charge is 2.41. The van der Waals surface area contributed by atoms with Crippen LogP contribution in [-0.2, 0) is 9.59 Å². The lowest BCUT2D eigenvalue weighted by Crippen LogP contribution is -2.56. The summed E-state index contributed by atoms with van der Waals surface area (Å²) >= 11 is 0. The van der Waals surface area contributed by atoms with E-state index in [1.165, 1.54) is 0 Å². The molecule has 0 aromatic rings.